The highest BCUT2D eigenvalue weighted by Crippen LogP contribution is 2.22. The van der Waals surface area contributed by atoms with Crippen LogP contribution < -0.4 is 5.32 Å². The molecule has 2 rings (SSSR count). The lowest BCUT2D eigenvalue weighted by Gasteiger charge is -2.32. The van der Waals surface area contributed by atoms with E-state index in [1.165, 1.54) is 5.56 Å². The van der Waals surface area contributed by atoms with Gasteiger partial charge >= 0.3 is 0 Å². The monoisotopic (exact) mass is 316 g/mol. The standard InChI is InChI=1S/C19H28N2O2/c1-13(2)16-6-5-7-17(12-16)20-18(22)15-8-10-21(11-9-15)19(23)14(3)4/h5-7,12-15H,8-11H2,1-4H3,(H,20,22). The van der Waals surface area contributed by atoms with Gasteiger partial charge in [-0.2, -0.15) is 0 Å². The number of hydrogen-bond acceptors (Lipinski definition) is 2. The van der Waals surface area contributed by atoms with Gasteiger partial charge in [-0.25, -0.2) is 0 Å². The second-order valence-electron chi connectivity index (χ2n) is 7.02. The van der Waals surface area contributed by atoms with Crippen molar-refractivity contribution in [1.29, 1.82) is 0 Å². The van der Waals surface area contributed by atoms with Crippen molar-refractivity contribution < 1.29 is 9.59 Å². The maximum atomic E-state index is 12.4. The molecule has 1 aromatic carbocycles. The Balaban J connectivity index is 1.90. The van der Waals surface area contributed by atoms with Gasteiger partial charge < -0.3 is 10.2 Å². The number of likely N-dealkylation sites (tertiary alicyclic amines) is 1. The van der Waals surface area contributed by atoms with E-state index in [0.717, 1.165) is 18.5 Å². The third kappa shape index (κ3) is 4.57. The number of carbonyl (C=O) groups excluding carboxylic acids is 2. The molecule has 0 bridgehead atoms. The molecule has 23 heavy (non-hydrogen) atoms. The maximum absolute atomic E-state index is 12.4. The Kier molecular flexibility index (Phi) is 5.80. The molecule has 1 saturated heterocycles. The molecule has 126 valence electrons. The van der Waals surface area contributed by atoms with Crippen LogP contribution in [0.1, 0.15) is 52.0 Å². The molecule has 0 radical (unpaired) electrons. The zero-order valence-corrected chi connectivity index (χ0v) is 14.6. The molecule has 4 heteroatoms. The van der Waals surface area contributed by atoms with Crippen LogP contribution in [0.5, 0.6) is 0 Å². The first kappa shape index (κ1) is 17.5. The third-order valence-electron chi connectivity index (χ3n) is 4.49. The molecule has 1 fully saturated rings. The molecule has 1 aliphatic heterocycles. The number of hydrogen-bond donors (Lipinski definition) is 1. The van der Waals surface area contributed by atoms with Crippen molar-refractivity contribution in [2.75, 3.05) is 18.4 Å². The first-order valence-electron chi connectivity index (χ1n) is 8.58. The van der Waals surface area contributed by atoms with Gasteiger partial charge in [0.15, 0.2) is 0 Å². The van der Waals surface area contributed by atoms with Gasteiger partial charge in [-0.15, -0.1) is 0 Å². The lowest BCUT2D eigenvalue weighted by molar-refractivity contribution is -0.137. The summed E-state index contributed by atoms with van der Waals surface area (Å²) in [6, 6.07) is 8.03. The average Bonchev–Trinajstić information content (AvgIpc) is 2.54. The first-order valence-corrected chi connectivity index (χ1v) is 8.58. The topological polar surface area (TPSA) is 49.4 Å². The Morgan fingerprint density at radius 1 is 1.13 bits per heavy atom. The van der Waals surface area contributed by atoms with Gasteiger partial charge in [0.25, 0.3) is 0 Å². The van der Waals surface area contributed by atoms with E-state index in [1.807, 2.05) is 36.9 Å². The minimum Gasteiger partial charge on any atom is -0.342 e. The normalized spacial score (nSPS) is 16.0. The number of nitrogens with zero attached hydrogens (tertiary/aromatic N) is 1. The summed E-state index contributed by atoms with van der Waals surface area (Å²) in [4.78, 5) is 26.3. The van der Waals surface area contributed by atoms with E-state index in [0.29, 0.717) is 19.0 Å². The Morgan fingerprint density at radius 3 is 2.35 bits per heavy atom. The summed E-state index contributed by atoms with van der Waals surface area (Å²) in [5.74, 6) is 0.723. The van der Waals surface area contributed by atoms with Crippen LogP contribution in [0.2, 0.25) is 0 Å². The van der Waals surface area contributed by atoms with E-state index in [1.54, 1.807) is 0 Å². The molecule has 1 N–H and O–H groups in total. The highest BCUT2D eigenvalue weighted by atomic mass is 16.2. The fourth-order valence-electron chi connectivity index (χ4n) is 2.95. The van der Waals surface area contributed by atoms with Gasteiger partial charge in [-0.05, 0) is 36.5 Å². The van der Waals surface area contributed by atoms with E-state index in [4.69, 9.17) is 0 Å². The largest absolute Gasteiger partial charge is 0.342 e. The van der Waals surface area contributed by atoms with Crippen LogP contribution in [-0.2, 0) is 9.59 Å². The molecule has 0 atom stereocenters. The van der Waals surface area contributed by atoms with Gasteiger partial charge in [-0.1, -0.05) is 39.8 Å². The Morgan fingerprint density at radius 2 is 1.78 bits per heavy atom. The number of anilines is 1. The predicted octanol–water partition coefficient (Wildman–Crippen LogP) is 3.64. The first-order chi connectivity index (χ1) is 10.9. The minimum absolute atomic E-state index is 0.00563. The lowest BCUT2D eigenvalue weighted by Crippen LogP contribution is -2.43. The zero-order valence-electron chi connectivity index (χ0n) is 14.6. The molecule has 0 saturated carbocycles. The molecule has 0 spiro atoms. The molecular formula is C19H28N2O2. The van der Waals surface area contributed by atoms with Crippen molar-refractivity contribution in [2.24, 2.45) is 11.8 Å². The Bertz CT molecular complexity index is 558. The van der Waals surface area contributed by atoms with Crippen LogP contribution in [0.15, 0.2) is 24.3 Å². The fourth-order valence-corrected chi connectivity index (χ4v) is 2.95. The van der Waals surface area contributed by atoms with E-state index < -0.39 is 0 Å². The van der Waals surface area contributed by atoms with Gasteiger partial charge in [-0.3, -0.25) is 9.59 Å². The summed E-state index contributed by atoms with van der Waals surface area (Å²) in [6.07, 6.45) is 1.49. The fraction of sp³-hybridized carbons (Fsp3) is 0.579. The number of rotatable bonds is 4. The Labute approximate surface area is 139 Å². The van der Waals surface area contributed by atoms with E-state index in [9.17, 15) is 9.59 Å². The highest BCUT2D eigenvalue weighted by molar-refractivity contribution is 5.92. The van der Waals surface area contributed by atoms with Gasteiger partial charge in [0.2, 0.25) is 11.8 Å². The molecule has 4 nitrogen and oxygen atoms in total. The number of carbonyl (C=O) groups is 2. The smallest absolute Gasteiger partial charge is 0.227 e. The zero-order chi connectivity index (χ0) is 17.0. The van der Waals surface area contributed by atoms with Crippen molar-refractivity contribution in [3.8, 4) is 0 Å². The molecule has 0 aromatic heterocycles. The second kappa shape index (κ2) is 7.62. The van der Waals surface area contributed by atoms with Crippen LogP contribution in [0.25, 0.3) is 0 Å². The van der Waals surface area contributed by atoms with Crippen LogP contribution in [0, 0.1) is 11.8 Å². The summed E-state index contributed by atoms with van der Waals surface area (Å²) in [7, 11) is 0. The maximum Gasteiger partial charge on any atom is 0.227 e. The molecule has 1 heterocycles. The number of benzene rings is 1. The average molecular weight is 316 g/mol. The van der Waals surface area contributed by atoms with Crippen molar-refractivity contribution >= 4 is 17.5 Å². The van der Waals surface area contributed by atoms with Gasteiger partial charge in [0, 0.05) is 30.6 Å². The molecular weight excluding hydrogens is 288 g/mol. The summed E-state index contributed by atoms with van der Waals surface area (Å²) < 4.78 is 0. The van der Waals surface area contributed by atoms with Crippen LogP contribution in [0.4, 0.5) is 5.69 Å². The third-order valence-corrected chi connectivity index (χ3v) is 4.49. The highest BCUT2D eigenvalue weighted by Gasteiger charge is 2.28. The number of amides is 2. The second-order valence-corrected chi connectivity index (χ2v) is 7.02. The molecule has 0 unspecified atom stereocenters. The Hall–Kier alpha value is -1.84. The van der Waals surface area contributed by atoms with Crippen LogP contribution in [-0.4, -0.2) is 29.8 Å². The van der Waals surface area contributed by atoms with Gasteiger partial charge in [0.05, 0.1) is 0 Å². The SMILES string of the molecule is CC(C)C(=O)N1CCC(C(=O)Nc2cccc(C(C)C)c2)CC1. The predicted molar refractivity (Wildman–Crippen MR) is 93.3 cm³/mol. The minimum atomic E-state index is -0.00563. The van der Waals surface area contributed by atoms with Crippen LogP contribution >= 0.6 is 0 Å². The van der Waals surface area contributed by atoms with Crippen molar-refractivity contribution in [3.63, 3.8) is 0 Å². The van der Waals surface area contributed by atoms with E-state index in [-0.39, 0.29) is 23.7 Å². The quantitative estimate of drug-likeness (QED) is 0.922. The van der Waals surface area contributed by atoms with E-state index in [2.05, 4.69) is 25.2 Å². The molecule has 0 aliphatic carbocycles. The molecule has 1 aliphatic rings. The summed E-state index contributed by atoms with van der Waals surface area (Å²) in [5, 5.41) is 3.03. The van der Waals surface area contributed by atoms with Gasteiger partial charge in [0.1, 0.15) is 0 Å². The number of piperidine rings is 1. The van der Waals surface area contributed by atoms with E-state index >= 15 is 0 Å². The lowest BCUT2D eigenvalue weighted by atomic mass is 9.95. The molecule has 1 aromatic rings. The van der Waals surface area contributed by atoms with Crippen LogP contribution in [0.3, 0.4) is 0 Å². The summed E-state index contributed by atoms with van der Waals surface area (Å²) >= 11 is 0. The van der Waals surface area contributed by atoms with Crippen molar-refractivity contribution in [3.05, 3.63) is 29.8 Å². The van der Waals surface area contributed by atoms with Crippen molar-refractivity contribution in [1.82, 2.24) is 4.90 Å². The summed E-state index contributed by atoms with van der Waals surface area (Å²) in [5.41, 5.74) is 2.09. The number of nitrogens with one attached hydrogen (secondary N) is 1. The van der Waals surface area contributed by atoms with Crippen molar-refractivity contribution in [2.45, 2.75) is 46.5 Å². The summed E-state index contributed by atoms with van der Waals surface area (Å²) in [6.45, 7) is 9.48. The molecule has 2 amide bonds.